The number of piperidine rings is 1. The first-order valence-corrected chi connectivity index (χ1v) is 17.8. The van der Waals surface area contributed by atoms with Crippen LogP contribution in [-0.4, -0.2) is 64.1 Å². The Morgan fingerprint density at radius 1 is 0.979 bits per heavy atom. The van der Waals surface area contributed by atoms with Crippen molar-refractivity contribution in [2.24, 2.45) is 34.0 Å². The maximum absolute atomic E-state index is 14.4. The molecule has 2 N–H and O–H groups in total. The minimum Gasteiger partial charge on any atom is -0.332 e. The average molecular weight is 656 g/mol. The molecule has 1 heterocycles. The molecule has 0 bridgehead atoms. The van der Waals surface area contributed by atoms with Crippen molar-refractivity contribution in [3.05, 3.63) is 12.7 Å². The van der Waals surface area contributed by atoms with E-state index < -0.39 is 52.0 Å². The van der Waals surface area contributed by atoms with Crippen molar-refractivity contribution in [1.29, 1.82) is 0 Å². The summed E-state index contributed by atoms with van der Waals surface area (Å²) in [7, 11) is 0. The minimum atomic E-state index is -0.925. The van der Waals surface area contributed by atoms with Gasteiger partial charge in [-0.2, -0.15) is 0 Å². The molecule has 0 radical (unpaired) electrons. The van der Waals surface area contributed by atoms with Crippen molar-refractivity contribution in [1.82, 2.24) is 15.5 Å². The normalized spacial score (nSPS) is 24.4. The summed E-state index contributed by atoms with van der Waals surface area (Å²) in [6.07, 6.45) is 7.59. The van der Waals surface area contributed by atoms with Crippen LogP contribution in [0.4, 0.5) is 4.79 Å². The molecule has 3 fully saturated rings. The lowest BCUT2D eigenvalue weighted by Crippen LogP contribution is -2.62. The van der Waals surface area contributed by atoms with E-state index in [9.17, 15) is 28.8 Å². The summed E-state index contributed by atoms with van der Waals surface area (Å²) in [5.74, 6) is -2.05. The highest BCUT2D eigenvalue weighted by Gasteiger charge is 2.69. The van der Waals surface area contributed by atoms with Crippen LogP contribution in [0.15, 0.2) is 12.7 Å². The Balaban J connectivity index is 1.83. The summed E-state index contributed by atoms with van der Waals surface area (Å²) in [5.41, 5.74) is -2.00. The zero-order valence-corrected chi connectivity index (χ0v) is 30.6. The lowest BCUT2D eigenvalue weighted by molar-refractivity contribution is -0.144. The van der Waals surface area contributed by atoms with Crippen molar-refractivity contribution in [3.63, 3.8) is 0 Å². The van der Waals surface area contributed by atoms with Crippen LogP contribution in [0.2, 0.25) is 0 Å². The van der Waals surface area contributed by atoms with E-state index in [2.05, 4.69) is 31.1 Å². The Bertz CT molecular complexity index is 1230. The molecule has 1 aliphatic heterocycles. The summed E-state index contributed by atoms with van der Waals surface area (Å²) < 4.78 is 0. The summed E-state index contributed by atoms with van der Waals surface area (Å²) in [5, 5.41) is 6.11. The SMILES string of the molecule is C=CCCC(=O)C(=O)C(CCC)CC(=O)[C@@H]1[C@@H]2[C@H](CN1C(=O)[C@@H](NC(=O)NC1(CC(=O)C(C)(C)C)CCCCC1)C(C)(C)C)C2(C)C. The maximum Gasteiger partial charge on any atom is 0.315 e. The molecule has 2 saturated carbocycles. The molecule has 264 valence electrons. The van der Waals surface area contributed by atoms with Crippen LogP contribution in [0, 0.1) is 34.0 Å². The van der Waals surface area contributed by atoms with Gasteiger partial charge in [0, 0.05) is 42.7 Å². The van der Waals surface area contributed by atoms with Gasteiger partial charge in [-0.1, -0.05) is 94.1 Å². The van der Waals surface area contributed by atoms with Crippen LogP contribution in [0.25, 0.3) is 0 Å². The van der Waals surface area contributed by atoms with Crippen LogP contribution in [0.3, 0.4) is 0 Å². The second kappa shape index (κ2) is 14.7. The summed E-state index contributed by atoms with van der Waals surface area (Å²) >= 11 is 0. The van der Waals surface area contributed by atoms with Gasteiger partial charge in [0.05, 0.1) is 6.04 Å². The molecule has 9 heteroatoms. The first-order chi connectivity index (χ1) is 21.7. The molecule has 0 aromatic heterocycles. The van der Waals surface area contributed by atoms with E-state index in [1.165, 1.54) is 0 Å². The molecule has 5 atom stereocenters. The molecule has 1 saturated heterocycles. The molecule has 3 rings (SSSR count). The number of amides is 3. The van der Waals surface area contributed by atoms with Gasteiger partial charge in [0.1, 0.15) is 11.8 Å². The zero-order chi connectivity index (χ0) is 35.5. The van der Waals surface area contributed by atoms with E-state index in [4.69, 9.17) is 0 Å². The number of urea groups is 1. The van der Waals surface area contributed by atoms with Gasteiger partial charge in [0.25, 0.3) is 0 Å². The number of ketones is 4. The van der Waals surface area contributed by atoms with Crippen LogP contribution in [0.5, 0.6) is 0 Å². The summed E-state index contributed by atoms with van der Waals surface area (Å²) in [6, 6.07) is -2.13. The van der Waals surface area contributed by atoms with Gasteiger partial charge in [-0.25, -0.2) is 4.79 Å². The van der Waals surface area contributed by atoms with Crippen molar-refractivity contribution in [3.8, 4) is 0 Å². The first kappa shape index (κ1) is 38.6. The third kappa shape index (κ3) is 9.00. The standard InChI is InChI=1S/C38H61N3O6/c1-11-13-18-26(42)31(45)24(17-12-2)21-27(43)30-29-25(37(29,9)10)23-41(30)33(46)32(36(6,7)8)39-34(47)40-38(19-15-14-16-20-38)22-28(44)35(3,4)5/h11,24-25,29-30,32H,1,12-23H2,2-10H3,(H2,39,40,47)/t24?,25-,29-,30+,32+/m0/s1. The Hall–Kier alpha value is -2.84. The van der Waals surface area contributed by atoms with Crippen molar-refractivity contribution in [2.75, 3.05) is 6.54 Å². The van der Waals surface area contributed by atoms with Crippen LogP contribution < -0.4 is 10.6 Å². The van der Waals surface area contributed by atoms with Gasteiger partial charge in [-0.05, 0) is 48.3 Å². The molecule has 3 amide bonds. The summed E-state index contributed by atoms with van der Waals surface area (Å²) in [6.45, 7) is 21.5. The van der Waals surface area contributed by atoms with E-state index in [0.29, 0.717) is 38.6 Å². The quantitative estimate of drug-likeness (QED) is 0.156. The van der Waals surface area contributed by atoms with E-state index in [1.54, 1.807) is 11.0 Å². The number of hydrogen-bond donors (Lipinski definition) is 2. The van der Waals surface area contributed by atoms with Crippen LogP contribution in [0.1, 0.15) is 133 Å². The first-order valence-electron chi connectivity index (χ1n) is 17.8. The highest BCUT2D eigenvalue weighted by Crippen LogP contribution is 2.65. The molecule has 0 aromatic rings. The Labute approximate surface area is 282 Å². The molecule has 1 unspecified atom stereocenters. The zero-order valence-electron chi connectivity index (χ0n) is 30.6. The number of Topliss-reactive ketones (excluding diaryl/α,β-unsaturated/α-hetero) is 4. The number of rotatable bonds is 15. The lowest BCUT2D eigenvalue weighted by atomic mass is 9.74. The predicted octanol–water partition coefficient (Wildman–Crippen LogP) is 6.37. The number of nitrogens with one attached hydrogen (secondary N) is 2. The number of carbonyl (C=O) groups excluding carboxylic acids is 6. The smallest absolute Gasteiger partial charge is 0.315 e. The Morgan fingerprint density at radius 3 is 2.13 bits per heavy atom. The number of nitrogens with zero attached hydrogens (tertiary/aromatic N) is 1. The third-order valence-electron chi connectivity index (χ3n) is 11.0. The topological polar surface area (TPSA) is 130 Å². The van der Waals surface area contributed by atoms with Gasteiger partial charge < -0.3 is 15.5 Å². The van der Waals surface area contributed by atoms with Gasteiger partial charge in [0.2, 0.25) is 11.7 Å². The second-order valence-electron chi connectivity index (χ2n) is 17.2. The highest BCUT2D eigenvalue weighted by atomic mass is 16.2. The van der Waals surface area contributed by atoms with E-state index >= 15 is 0 Å². The van der Waals surface area contributed by atoms with E-state index in [1.807, 2.05) is 48.5 Å². The fourth-order valence-electron chi connectivity index (χ4n) is 7.87. The van der Waals surface area contributed by atoms with Crippen molar-refractivity contribution >= 4 is 35.1 Å². The lowest BCUT2D eigenvalue weighted by Gasteiger charge is -2.41. The molecule has 0 spiro atoms. The molecule has 9 nitrogen and oxygen atoms in total. The van der Waals surface area contributed by atoms with Crippen LogP contribution in [-0.2, 0) is 24.0 Å². The minimum absolute atomic E-state index is 0.0452. The molecule has 47 heavy (non-hydrogen) atoms. The Kier molecular flexibility index (Phi) is 12.1. The maximum atomic E-state index is 14.4. The van der Waals surface area contributed by atoms with Gasteiger partial charge >= 0.3 is 6.03 Å². The van der Waals surface area contributed by atoms with Gasteiger partial charge in [-0.15, -0.1) is 6.58 Å². The molecule has 3 aliphatic rings. The van der Waals surface area contributed by atoms with E-state index in [0.717, 1.165) is 19.3 Å². The van der Waals surface area contributed by atoms with Crippen molar-refractivity contribution in [2.45, 2.75) is 151 Å². The number of likely N-dealkylation sites (tertiary alicyclic amines) is 1. The largest absolute Gasteiger partial charge is 0.332 e. The fourth-order valence-corrected chi connectivity index (χ4v) is 7.87. The van der Waals surface area contributed by atoms with Crippen molar-refractivity contribution < 1.29 is 28.8 Å². The molecule has 0 aromatic carbocycles. The van der Waals surface area contributed by atoms with Gasteiger partial charge in [0.15, 0.2) is 11.6 Å². The van der Waals surface area contributed by atoms with Gasteiger partial charge in [-0.3, -0.25) is 24.0 Å². The highest BCUT2D eigenvalue weighted by molar-refractivity contribution is 6.38. The fraction of sp³-hybridized carbons (Fsp3) is 0.789. The average Bonchev–Trinajstić information content (AvgIpc) is 3.28. The molecular formula is C38H61N3O6. The predicted molar refractivity (Wildman–Crippen MR) is 184 cm³/mol. The second-order valence-corrected chi connectivity index (χ2v) is 17.2. The number of carbonyl (C=O) groups is 6. The number of allylic oxidation sites excluding steroid dienone is 1. The molecular weight excluding hydrogens is 594 g/mol. The van der Waals surface area contributed by atoms with E-state index in [-0.39, 0.29) is 54.0 Å². The third-order valence-corrected chi connectivity index (χ3v) is 11.0. The number of fused-ring (bicyclic) bond motifs is 1. The molecule has 2 aliphatic carbocycles. The monoisotopic (exact) mass is 655 g/mol. The Morgan fingerprint density at radius 2 is 1.60 bits per heavy atom. The summed E-state index contributed by atoms with van der Waals surface area (Å²) in [4.78, 5) is 82.7. The van der Waals surface area contributed by atoms with Crippen LogP contribution >= 0.6 is 0 Å². The number of hydrogen-bond acceptors (Lipinski definition) is 6.